The highest BCUT2D eigenvalue weighted by Gasteiger charge is 2.20. The number of nitrogens with one attached hydrogen (secondary N) is 1. The van der Waals surface area contributed by atoms with Gasteiger partial charge in [-0.2, -0.15) is 0 Å². The number of anilines is 1. The van der Waals surface area contributed by atoms with E-state index >= 15 is 0 Å². The molecular formula is C12H21N3O. The van der Waals surface area contributed by atoms with E-state index in [1.54, 1.807) is 7.11 Å². The average Bonchev–Trinajstić information content (AvgIpc) is 3.00. The van der Waals surface area contributed by atoms with E-state index in [2.05, 4.69) is 21.1 Å². The molecule has 0 amide bonds. The standard InChI is InChI=1S/C12H21N3O/c1-10-9-15(7-8-16-2)12(14-10)13-6-5-11-3-4-11/h9,11H,3-8H2,1-2H3,(H,13,14). The summed E-state index contributed by atoms with van der Waals surface area (Å²) in [6.45, 7) is 4.65. The minimum absolute atomic E-state index is 0.729. The fourth-order valence-electron chi connectivity index (χ4n) is 1.84. The van der Waals surface area contributed by atoms with Crippen LogP contribution < -0.4 is 5.32 Å². The SMILES string of the molecule is COCCn1cc(C)nc1NCCC1CC1. The molecule has 4 nitrogen and oxygen atoms in total. The number of hydrogen-bond acceptors (Lipinski definition) is 3. The summed E-state index contributed by atoms with van der Waals surface area (Å²) >= 11 is 0. The Bertz CT molecular complexity index is 331. The van der Waals surface area contributed by atoms with Crippen LogP contribution in [0.4, 0.5) is 5.95 Å². The van der Waals surface area contributed by atoms with Crippen molar-refractivity contribution < 1.29 is 4.74 Å². The maximum Gasteiger partial charge on any atom is 0.203 e. The van der Waals surface area contributed by atoms with Gasteiger partial charge in [0.25, 0.3) is 0 Å². The van der Waals surface area contributed by atoms with Crippen LogP contribution in [-0.2, 0) is 11.3 Å². The lowest BCUT2D eigenvalue weighted by atomic mass is 10.3. The van der Waals surface area contributed by atoms with Gasteiger partial charge in [-0.25, -0.2) is 4.98 Å². The third kappa shape index (κ3) is 3.23. The molecule has 0 bridgehead atoms. The minimum atomic E-state index is 0.729. The number of rotatable bonds is 7. The van der Waals surface area contributed by atoms with E-state index in [4.69, 9.17) is 4.74 Å². The molecular weight excluding hydrogens is 202 g/mol. The van der Waals surface area contributed by atoms with Crippen LogP contribution in [0.5, 0.6) is 0 Å². The quantitative estimate of drug-likeness (QED) is 0.769. The summed E-state index contributed by atoms with van der Waals surface area (Å²) in [6.07, 6.45) is 6.17. The molecule has 0 radical (unpaired) electrons. The summed E-state index contributed by atoms with van der Waals surface area (Å²) in [5.74, 6) is 1.95. The van der Waals surface area contributed by atoms with Crippen molar-refractivity contribution >= 4 is 5.95 Å². The Labute approximate surface area is 97.0 Å². The summed E-state index contributed by atoms with van der Waals surface area (Å²) in [6, 6.07) is 0. The topological polar surface area (TPSA) is 39.1 Å². The molecule has 1 saturated carbocycles. The van der Waals surface area contributed by atoms with Gasteiger partial charge >= 0.3 is 0 Å². The molecule has 0 unspecified atom stereocenters. The highest BCUT2D eigenvalue weighted by atomic mass is 16.5. The van der Waals surface area contributed by atoms with E-state index in [9.17, 15) is 0 Å². The molecule has 90 valence electrons. The normalized spacial score (nSPS) is 15.4. The Morgan fingerprint density at radius 3 is 3.06 bits per heavy atom. The molecule has 0 aromatic carbocycles. The van der Waals surface area contributed by atoms with Gasteiger partial charge in [0.05, 0.1) is 12.3 Å². The molecule has 0 saturated heterocycles. The molecule has 4 heteroatoms. The minimum Gasteiger partial charge on any atom is -0.383 e. The van der Waals surface area contributed by atoms with Gasteiger partial charge < -0.3 is 14.6 Å². The third-order valence-electron chi connectivity index (χ3n) is 2.97. The number of ether oxygens (including phenoxy) is 1. The summed E-state index contributed by atoms with van der Waals surface area (Å²) in [5.41, 5.74) is 1.06. The van der Waals surface area contributed by atoms with E-state index in [-0.39, 0.29) is 0 Å². The van der Waals surface area contributed by atoms with Gasteiger partial charge in [-0.3, -0.25) is 0 Å². The van der Waals surface area contributed by atoms with Gasteiger partial charge in [0.2, 0.25) is 5.95 Å². The van der Waals surface area contributed by atoms with Crippen LogP contribution in [-0.4, -0.2) is 29.8 Å². The van der Waals surface area contributed by atoms with Crippen LogP contribution in [0, 0.1) is 12.8 Å². The molecule has 1 heterocycles. The molecule has 1 aliphatic rings. The van der Waals surface area contributed by atoms with Gasteiger partial charge in [0.15, 0.2) is 0 Å². The number of aryl methyl sites for hydroxylation is 1. The molecule has 1 N–H and O–H groups in total. The molecule has 0 aliphatic heterocycles. The van der Waals surface area contributed by atoms with Crippen LogP contribution in [0.3, 0.4) is 0 Å². The van der Waals surface area contributed by atoms with Crippen molar-refractivity contribution in [2.45, 2.75) is 32.7 Å². The molecule has 2 rings (SSSR count). The van der Waals surface area contributed by atoms with Crippen molar-refractivity contribution in [3.8, 4) is 0 Å². The molecule has 0 spiro atoms. The molecule has 1 fully saturated rings. The predicted molar refractivity (Wildman–Crippen MR) is 64.7 cm³/mol. The Morgan fingerprint density at radius 2 is 2.38 bits per heavy atom. The Hall–Kier alpha value is -1.03. The van der Waals surface area contributed by atoms with Crippen molar-refractivity contribution in [3.63, 3.8) is 0 Å². The highest BCUT2D eigenvalue weighted by Crippen LogP contribution is 2.32. The first kappa shape index (κ1) is 11.5. The zero-order chi connectivity index (χ0) is 11.4. The fourth-order valence-corrected chi connectivity index (χ4v) is 1.84. The number of aromatic nitrogens is 2. The molecule has 1 aromatic heterocycles. The van der Waals surface area contributed by atoms with Crippen LogP contribution in [0.25, 0.3) is 0 Å². The van der Waals surface area contributed by atoms with E-state index in [1.165, 1.54) is 19.3 Å². The fraction of sp³-hybridized carbons (Fsp3) is 0.750. The van der Waals surface area contributed by atoms with Gasteiger partial charge in [-0.1, -0.05) is 12.8 Å². The monoisotopic (exact) mass is 223 g/mol. The highest BCUT2D eigenvalue weighted by molar-refractivity contribution is 5.28. The van der Waals surface area contributed by atoms with Crippen molar-refractivity contribution in [2.24, 2.45) is 5.92 Å². The Morgan fingerprint density at radius 1 is 1.56 bits per heavy atom. The lowest BCUT2D eigenvalue weighted by Gasteiger charge is -2.08. The molecule has 1 aromatic rings. The van der Waals surface area contributed by atoms with Gasteiger partial charge in [-0.05, 0) is 19.3 Å². The van der Waals surface area contributed by atoms with Crippen molar-refractivity contribution in [1.29, 1.82) is 0 Å². The first-order chi connectivity index (χ1) is 7.79. The largest absolute Gasteiger partial charge is 0.383 e. The first-order valence-electron chi connectivity index (χ1n) is 6.06. The summed E-state index contributed by atoms with van der Waals surface area (Å²) in [5, 5.41) is 3.41. The van der Waals surface area contributed by atoms with Crippen LogP contribution in [0.1, 0.15) is 25.0 Å². The number of imidazole rings is 1. The predicted octanol–water partition coefficient (Wildman–Crippen LogP) is 2.05. The smallest absolute Gasteiger partial charge is 0.203 e. The zero-order valence-electron chi connectivity index (χ0n) is 10.2. The summed E-state index contributed by atoms with van der Waals surface area (Å²) in [7, 11) is 1.73. The van der Waals surface area contributed by atoms with E-state index in [0.29, 0.717) is 0 Å². The molecule has 16 heavy (non-hydrogen) atoms. The Kier molecular flexibility index (Phi) is 3.83. The second-order valence-corrected chi connectivity index (χ2v) is 4.55. The molecule has 1 aliphatic carbocycles. The Balaban J connectivity index is 1.84. The zero-order valence-corrected chi connectivity index (χ0v) is 10.2. The summed E-state index contributed by atoms with van der Waals surface area (Å²) < 4.78 is 7.22. The second kappa shape index (κ2) is 5.34. The maximum absolute atomic E-state index is 5.09. The lowest BCUT2D eigenvalue weighted by Crippen LogP contribution is -2.11. The number of hydrogen-bond donors (Lipinski definition) is 1. The van der Waals surface area contributed by atoms with Crippen LogP contribution >= 0.6 is 0 Å². The lowest BCUT2D eigenvalue weighted by molar-refractivity contribution is 0.187. The van der Waals surface area contributed by atoms with Crippen LogP contribution in [0.2, 0.25) is 0 Å². The number of methoxy groups -OCH3 is 1. The van der Waals surface area contributed by atoms with E-state index in [0.717, 1.165) is 37.3 Å². The van der Waals surface area contributed by atoms with Gasteiger partial charge in [0, 0.05) is 26.4 Å². The number of nitrogens with zero attached hydrogens (tertiary/aromatic N) is 2. The van der Waals surface area contributed by atoms with Crippen molar-refractivity contribution in [1.82, 2.24) is 9.55 Å². The van der Waals surface area contributed by atoms with E-state index in [1.807, 2.05) is 6.92 Å². The third-order valence-corrected chi connectivity index (χ3v) is 2.97. The summed E-state index contributed by atoms with van der Waals surface area (Å²) in [4.78, 5) is 4.48. The molecule has 0 atom stereocenters. The first-order valence-corrected chi connectivity index (χ1v) is 6.06. The van der Waals surface area contributed by atoms with Gasteiger partial charge in [0.1, 0.15) is 0 Å². The van der Waals surface area contributed by atoms with Crippen molar-refractivity contribution in [2.75, 3.05) is 25.6 Å². The van der Waals surface area contributed by atoms with E-state index < -0.39 is 0 Å². The van der Waals surface area contributed by atoms with Gasteiger partial charge in [-0.15, -0.1) is 0 Å². The maximum atomic E-state index is 5.09. The van der Waals surface area contributed by atoms with Crippen molar-refractivity contribution in [3.05, 3.63) is 11.9 Å². The average molecular weight is 223 g/mol. The van der Waals surface area contributed by atoms with Crippen LogP contribution in [0.15, 0.2) is 6.20 Å². The second-order valence-electron chi connectivity index (χ2n) is 4.55.